The Morgan fingerprint density at radius 2 is 1.74 bits per heavy atom. The lowest BCUT2D eigenvalue weighted by Gasteiger charge is -2.32. The van der Waals surface area contributed by atoms with E-state index in [9.17, 15) is 4.39 Å². The summed E-state index contributed by atoms with van der Waals surface area (Å²) in [5, 5.41) is 3.77. The van der Waals surface area contributed by atoms with E-state index in [-0.39, 0.29) is 24.4 Å². The molecule has 2 atom stereocenters. The predicted octanol–water partition coefficient (Wildman–Crippen LogP) is 6.13. The van der Waals surface area contributed by atoms with Crippen LogP contribution in [0.2, 0.25) is 5.02 Å². The summed E-state index contributed by atoms with van der Waals surface area (Å²) < 4.78 is 31.8. The van der Waals surface area contributed by atoms with Gasteiger partial charge in [0.25, 0.3) is 0 Å². The van der Waals surface area contributed by atoms with Crippen LogP contribution in [0.25, 0.3) is 0 Å². The van der Waals surface area contributed by atoms with E-state index in [0.29, 0.717) is 30.4 Å². The standard InChI is InChI=1S/C28H31ClFNO3/c29-26-8-4-9-27(30)25(26)20-34-28-18-31-15-14-24(28)22-10-12-23(13-11-22)33-17-5-16-32-19-21-6-2-1-3-7-21/h1-4,6-13,24,28,31H,5,14-20H2. The van der Waals surface area contributed by atoms with E-state index in [4.69, 9.17) is 25.8 Å². The fourth-order valence-electron chi connectivity index (χ4n) is 4.17. The minimum atomic E-state index is -0.334. The first-order valence-corrected chi connectivity index (χ1v) is 12.2. The smallest absolute Gasteiger partial charge is 0.130 e. The van der Waals surface area contributed by atoms with E-state index < -0.39 is 0 Å². The van der Waals surface area contributed by atoms with E-state index in [1.54, 1.807) is 12.1 Å². The topological polar surface area (TPSA) is 39.7 Å². The monoisotopic (exact) mass is 483 g/mol. The number of piperidine rings is 1. The predicted molar refractivity (Wildman–Crippen MR) is 133 cm³/mol. The van der Waals surface area contributed by atoms with Crippen molar-refractivity contribution in [2.75, 3.05) is 26.3 Å². The highest BCUT2D eigenvalue weighted by atomic mass is 35.5. The average molecular weight is 484 g/mol. The molecule has 3 aromatic rings. The van der Waals surface area contributed by atoms with Gasteiger partial charge in [0.2, 0.25) is 0 Å². The van der Waals surface area contributed by atoms with Crippen LogP contribution in [0.3, 0.4) is 0 Å². The van der Waals surface area contributed by atoms with Gasteiger partial charge in [-0.25, -0.2) is 4.39 Å². The Morgan fingerprint density at radius 3 is 2.53 bits per heavy atom. The number of ether oxygens (including phenoxy) is 3. The van der Waals surface area contributed by atoms with Gasteiger partial charge in [-0.05, 0) is 48.4 Å². The molecule has 3 aromatic carbocycles. The summed E-state index contributed by atoms with van der Waals surface area (Å²) in [7, 11) is 0. The van der Waals surface area contributed by atoms with Crippen LogP contribution in [-0.4, -0.2) is 32.4 Å². The molecule has 0 spiro atoms. The maximum absolute atomic E-state index is 14.1. The lowest BCUT2D eigenvalue weighted by atomic mass is 9.87. The molecule has 0 amide bonds. The molecule has 0 radical (unpaired) electrons. The Balaban J connectivity index is 1.23. The third kappa shape index (κ3) is 7.03. The average Bonchev–Trinajstić information content (AvgIpc) is 2.87. The van der Waals surface area contributed by atoms with Crippen molar-refractivity contribution < 1.29 is 18.6 Å². The number of benzene rings is 3. The lowest BCUT2D eigenvalue weighted by Crippen LogP contribution is -2.41. The van der Waals surface area contributed by atoms with Gasteiger partial charge < -0.3 is 19.5 Å². The molecule has 6 heteroatoms. The van der Waals surface area contributed by atoms with Crippen molar-refractivity contribution in [3.63, 3.8) is 0 Å². The third-order valence-electron chi connectivity index (χ3n) is 6.05. The second-order valence-electron chi connectivity index (χ2n) is 8.46. The molecule has 1 heterocycles. The normalized spacial score (nSPS) is 18.1. The second kappa shape index (κ2) is 12.9. The van der Waals surface area contributed by atoms with Crippen LogP contribution >= 0.6 is 11.6 Å². The van der Waals surface area contributed by atoms with Crippen molar-refractivity contribution in [3.8, 4) is 5.75 Å². The molecule has 4 rings (SSSR count). The van der Waals surface area contributed by atoms with Crippen LogP contribution in [0.1, 0.15) is 35.4 Å². The van der Waals surface area contributed by atoms with E-state index >= 15 is 0 Å². The van der Waals surface area contributed by atoms with E-state index in [1.807, 2.05) is 30.3 Å². The van der Waals surface area contributed by atoms with Gasteiger partial charge in [0.15, 0.2) is 0 Å². The van der Waals surface area contributed by atoms with Gasteiger partial charge in [0.05, 0.1) is 32.5 Å². The molecule has 180 valence electrons. The fourth-order valence-corrected chi connectivity index (χ4v) is 4.39. The van der Waals surface area contributed by atoms with Crippen LogP contribution < -0.4 is 10.1 Å². The number of nitrogens with one attached hydrogen (secondary N) is 1. The van der Waals surface area contributed by atoms with Crippen molar-refractivity contribution in [3.05, 3.63) is 100 Å². The van der Waals surface area contributed by atoms with Crippen molar-refractivity contribution in [2.24, 2.45) is 0 Å². The Kier molecular flexibility index (Phi) is 9.34. The van der Waals surface area contributed by atoms with Crippen molar-refractivity contribution in [1.82, 2.24) is 5.32 Å². The molecule has 1 saturated heterocycles. The molecule has 2 unspecified atom stereocenters. The molecule has 4 nitrogen and oxygen atoms in total. The van der Waals surface area contributed by atoms with Crippen molar-refractivity contribution >= 4 is 11.6 Å². The number of hydrogen-bond donors (Lipinski definition) is 1. The van der Waals surface area contributed by atoms with E-state index in [2.05, 4.69) is 29.6 Å². The SMILES string of the molecule is Fc1cccc(Cl)c1COC1CNCCC1c1ccc(OCCCOCc2ccccc2)cc1. The van der Waals surface area contributed by atoms with Crippen LogP contribution in [0.15, 0.2) is 72.8 Å². The van der Waals surface area contributed by atoms with Crippen LogP contribution in [0, 0.1) is 5.82 Å². The molecule has 1 aliphatic heterocycles. The molecule has 1 aliphatic rings. The molecule has 1 N–H and O–H groups in total. The zero-order valence-corrected chi connectivity index (χ0v) is 20.0. The molecule has 0 aromatic heterocycles. The van der Waals surface area contributed by atoms with Gasteiger partial charge in [0, 0.05) is 29.5 Å². The Bertz CT molecular complexity index is 996. The Hall–Kier alpha value is -2.44. The second-order valence-corrected chi connectivity index (χ2v) is 8.87. The zero-order valence-electron chi connectivity index (χ0n) is 19.2. The quantitative estimate of drug-likeness (QED) is 0.333. The summed E-state index contributed by atoms with van der Waals surface area (Å²) in [5.74, 6) is 0.739. The molecule has 0 saturated carbocycles. The summed E-state index contributed by atoms with van der Waals surface area (Å²) in [6.07, 6.45) is 1.73. The van der Waals surface area contributed by atoms with Gasteiger partial charge in [-0.15, -0.1) is 0 Å². The summed E-state index contributed by atoms with van der Waals surface area (Å²) in [6, 6.07) is 23.1. The largest absolute Gasteiger partial charge is 0.494 e. The highest BCUT2D eigenvalue weighted by Crippen LogP contribution is 2.30. The first kappa shape index (κ1) is 24.7. The first-order chi connectivity index (χ1) is 16.7. The van der Waals surface area contributed by atoms with Crippen molar-refractivity contribution in [2.45, 2.75) is 38.1 Å². The first-order valence-electron chi connectivity index (χ1n) is 11.8. The van der Waals surface area contributed by atoms with Gasteiger partial charge in [-0.1, -0.05) is 60.1 Å². The van der Waals surface area contributed by atoms with Gasteiger partial charge in [-0.3, -0.25) is 0 Å². The van der Waals surface area contributed by atoms with Crippen LogP contribution in [-0.2, 0) is 22.7 Å². The summed E-state index contributed by atoms with van der Waals surface area (Å²) in [4.78, 5) is 0. The Morgan fingerprint density at radius 1 is 0.912 bits per heavy atom. The van der Waals surface area contributed by atoms with E-state index in [0.717, 1.165) is 31.7 Å². The molecular weight excluding hydrogens is 453 g/mol. The van der Waals surface area contributed by atoms with Gasteiger partial charge in [-0.2, -0.15) is 0 Å². The van der Waals surface area contributed by atoms with E-state index in [1.165, 1.54) is 17.2 Å². The highest BCUT2D eigenvalue weighted by Gasteiger charge is 2.27. The third-order valence-corrected chi connectivity index (χ3v) is 6.41. The maximum Gasteiger partial charge on any atom is 0.130 e. The number of hydrogen-bond acceptors (Lipinski definition) is 4. The van der Waals surface area contributed by atoms with Crippen LogP contribution in [0.4, 0.5) is 4.39 Å². The Labute approximate surface area is 206 Å². The molecular formula is C28H31ClFNO3. The molecule has 0 bridgehead atoms. The molecule has 1 fully saturated rings. The molecule has 34 heavy (non-hydrogen) atoms. The lowest BCUT2D eigenvalue weighted by molar-refractivity contribution is 0.00942. The fraction of sp³-hybridized carbons (Fsp3) is 0.357. The minimum Gasteiger partial charge on any atom is -0.494 e. The maximum atomic E-state index is 14.1. The zero-order chi connectivity index (χ0) is 23.6. The summed E-state index contributed by atoms with van der Waals surface area (Å²) in [5.41, 5.74) is 2.78. The van der Waals surface area contributed by atoms with Gasteiger partial charge >= 0.3 is 0 Å². The van der Waals surface area contributed by atoms with Crippen molar-refractivity contribution in [1.29, 1.82) is 0 Å². The number of rotatable bonds is 11. The van der Waals surface area contributed by atoms with Crippen LogP contribution in [0.5, 0.6) is 5.75 Å². The number of halogens is 2. The minimum absolute atomic E-state index is 0.0574. The molecule has 0 aliphatic carbocycles. The van der Waals surface area contributed by atoms with Gasteiger partial charge in [0.1, 0.15) is 11.6 Å². The summed E-state index contributed by atoms with van der Waals surface area (Å²) in [6.45, 7) is 3.69. The summed E-state index contributed by atoms with van der Waals surface area (Å²) >= 11 is 6.16. The highest BCUT2D eigenvalue weighted by molar-refractivity contribution is 6.31.